The van der Waals surface area contributed by atoms with Crippen molar-refractivity contribution in [2.75, 3.05) is 0 Å². The van der Waals surface area contributed by atoms with E-state index < -0.39 is 11.8 Å². The van der Waals surface area contributed by atoms with E-state index in [0.29, 0.717) is 50.4 Å². The van der Waals surface area contributed by atoms with Gasteiger partial charge in [-0.15, -0.1) is 0 Å². The Morgan fingerprint density at radius 2 is 0.951 bits per heavy atom. The Bertz CT molecular complexity index is 1320. The molecule has 7 heteroatoms. The summed E-state index contributed by atoms with van der Waals surface area (Å²) in [5, 5.41) is 46.2. The van der Waals surface area contributed by atoms with Crippen molar-refractivity contribution in [3.8, 4) is 23.0 Å². The SMILES string of the molecule is CCC(C)C(=O)c1c(O)c(CCCC(C)C)c(O)c2c1oc1c(C(=O)C(C)CC)c(O)c(CCCC(C)C)c(O)c12. The van der Waals surface area contributed by atoms with Crippen LogP contribution in [0.25, 0.3) is 21.9 Å². The van der Waals surface area contributed by atoms with Gasteiger partial charge in [0.1, 0.15) is 34.1 Å². The zero-order chi connectivity index (χ0) is 30.8. The molecule has 2 atom stereocenters. The van der Waals surface area contributed by atoms with E-state index in [0.717, 1.165) is 12.8 Å². The van der Waals surface area contributed by atoms with E-state index in [1.807, 2.05) is 13.8 Å². The summed E-state index contributed by atoms with van der Waals surface area (Å²) in [5.41, 5.74) is 0.141. The maximum Gasteiger partial charge on any atom is 0.173 e. The van der Waals surface area contributed by atoms with Gasteiger partial charge in [-0.1, -0.05) is 68.2 Å². The third-order valence-electron chi connectivity index (χ3n) is 8.48. The number of aromatic hydroxyl groups is 4. The van der Waals surface area contributed by atoms with E-state index >= 15 is 0 Å². The minimum Gasteiger partial charge on any atom is -0.507 e. The van der Waals surface area contributed by atoms with E-state index in [1.54, 1.807) is 13.8 Å². The van der Waals surface area contributed by atoms with Crippen LogP contribution in [-0.4, -0.2) is 32.0 Å². The summed E-state index contributed by atoms with van der Waals surface area (Å²) in [6, 6.07) is 0. The number of benzene rings is 2. The standard InChI is InChI=1S/C34H48O7/c1-9-19(7)27(35)25-31(39)21(15-11-13-17(3)4)29(37)23-24-30(38)22(16-12-14-18(5)6)32(40)26(28(36)20(8)10-2)34(24)41-33(23)25/h17-20,37-40H,9-16H2,1-8H3. The van der Waals surface area contributed by atoms with Crippen molar-refractivity contribution >= 4 is 33.5 Å². The average molecular weight is 569 g/mol. The van der Waals surface area contributed by atoms with Crippen LogP contribution >= 0.6 is 0 Å². The summed E-state index contributed by atoms with van der Waals surface area (Å²) < 4.78 is 6.18. The largest absolute Gasteiger partial charge is 0.507 e. The topological polar surface area (TPSA) is 128 Å². The molecule has 0 aliphatic carbocycles. The molecule has 0 radical (unpaired) electrons. The zero-order valence-corrected chi connectivity index (χ0v) is 26.0. The number of ketones is 2. The first-order chi connectivity index (χ1) is 19.3. The van der Waals surface area contributed by atoms with Crippen molar-refractivity contribution in [1.29, 1.82) is 0 Å². The first kappa shape index (κ1) is 32.3. The summed E-state index contributed by atoms with van der Waals surface area (Å²) in [6.45, 7) is 15.6. The van der Waals surface area contributed by atoms with Gasteiger partial charge in [0.05, 0.1) is 10.8 Å². The molecule has 0 aliphatic rings. The lowest BCUT2D eigenvalue weighted by Crippen LogP contribution is -2.12. The molecular weight excluding hydrogens is 520 g/mol. The lowest BCUT2D eigenvalue weighted by Gasteiger charge is -2.16. The van der Waals surface area contributed by atoms with Crippen molar-refractivity contribution in [3.63, 3.8) is 0 Å². The highest BCUT2D eigenvalue weighted by Crippen LogP contribution is 2.52. The van der Waals surface area contributed by atoms with Gasteiger partial charge >= 0.3 is 0 Å². The summed E-state index contributed by atoms with van der Waals surface area (Å²) in [4.78, 5) is 27.3. The molecular formula is C34H48O7. The smallest absolute Gasteiger partial charge is 0.173 e. The number of hydrogen-bond acceptors (Lipinski definition) is 7. The molecule has 0 amide bonds. The molecule has 0 fully saturated rings. The number of phenolic OH excluding ortho intramolecular Hbond substituents is 4. The molecule has 0 saturated carbocycles. The second kappa shape index (κ2) is 13.2. The third kappa shape index (κ3) is 6.19. The molecule has 0 spiro atoms. The minimum atomic E-state index is -0.444. The number of carbonyl (C=O) groups is 2. The van der Waals surface area contributed by atoms with Crippen molar-refractivity contribution < 1.29 is 34.4 Å². The monoisotopic (exact) mass is 568 g/mol. The third-order valence-corrected chi connectivity index (χ3v) is 8.48. The van der Waals surface area contributed by atoms with Crippen LogP contribution in [0, 0.1) is 23.7 Å². The van der Waals surface area contributed by atoms with E-state index in [-0.39, 0.29) is 78.8 Å². The Labute approximate surface area is 243 Å². The van der Waals surface area contributed by atoms with Crippen LogP contribution in [0.4, 0.5) is 0 Å². The molecule has 1 heterocycles. The summed E-state index contributed by atoms with van der Waals surface area (Å²) in [6.07, 6.45) is 4.72. The number of rotatable bonds is 14. The van der Waals surface area contributed by atoms with E-state index in [1.165, 1.54) is 0 Å². The molecule has 2 aromatic carbocycles. The summed E-state index contributed by atoms with van der Waals surface area (Å²) >= 11 is 0. The average Bonchev–Trinajstić information content (AvgIpc) is 3.30. The Hall–Kier alpha value is -3.22. The van der Waals surface area contributed by atoms with E-state index in [2.05, 4.69) is 27.7 Å². The minimum absolute atomic E-state index is 0.0647. The summed E-state index contributed by atoms with van der Waals surface area (Å²) in [5.74, 6) is -2.00. The van der Waals surface area contributed by atoms with Crippen LogP contribution in [0.3, 0.4) is 0 Å². The van der Waals surface area contributed by atoms with Gasteiger partial charge in [-0.2, -0.15) is 0 Å². The molecule has 4 N–H and O–H groups in total. The fourth-order valence-electron chi connectivity index (χ4n) is 5.45. The number of Topliss-reactive ketones (excluding diaryl/α,β-unsaturated/α-hetero) is 2. The van der Waals surface area contributed by atoms with Gasteiger partial charge in [-0.05, 0) is 50.4 Å². The van der Waals surface area contributed by atoms with Crippen LogP contribution in [0.1, 0.15) is 126 Å². The predicted octanol–water partition coefficient (Wildman–Crippen LogP) is 8.82. The van der Waals surface area contributed by atoms with Crippen molar-refractivity contribution in [2.45, 2.75) is 107 Å². The highest BCUT2D eigenvalue weighted by molar-refractivity contribution is 6.24. The first-order valence-corrected chi connectivity index (χ1v) is 15.3. The van der Waals surface area contributed by atoms with Crippen molar-refractivity contribution in [3.05, 3.63) is 22.3 Å². The molecule has 3 aromatic rings. The number of furan rings is 1. The van der Waals surface area contributed by atoms with Gasteiger partial charge in [0.2, 0.25) is 0 Å². The number of hydrogen-bond donors (Lipinski definition) is 4. The molecule has 2 unspecified atom stereocenters. The second-order valence-electron chi connectivity index (χ2n) is 12.5. The van der Waals surface area contributed by atoms with Crippen LogP contribution in [0.15, 0.2) is 4.42 Å². The van der Waals surface area contributed by atoms with Gasteiger partial charge in [0, 0.05) is 23.0 Å². The van der Waals surface area contributed by atoms with Gasteiger partial charge in [-0.25, -0.2) is 0 Å². The van der Waals surface area contributed by atoms with Gasteiger partial charge in [-0.3, -0.25) is 9.59 Å². The second-order valence-corrected chi connectivity index (χ2v) is 12.5. The number of phenols is 4. The first-order valence-electron chi connectivity index (χ1n) is 15.3. The Balaban J connectivity index is 2.52. The lowest BCUT2D eigenvalue weighted by atomic mass is 9.88. The fourth-order valence-corrected chi connectivity index (χ4v) is 5.45. The normalized spacial score (nSPS) is 13.5. The molecule has 0 saturated heterocycles. The summed E-state index contributed by atoms with van der Waals surface area (Å²) in [7, 11) is 0. The Kier molecular flexibility index (Phi) is 10.4. The molecule has 1 aromatic heterocycles. The number of fused-ring (bicyclic) bond motifs is 3. The van der Waals surface area contributed by atoms with Gasteiger partial charge in [0.25, 0.3) is 0 Å². The molecule has 3 rings (SSSR count). The molecule has 0 aliphatic heterocycles. The van der Waals surface area contributed by atoms with Crippen LogP contribution in [0.5, 0.6) is 23.0 Å². The highest BCUT2D eigenvalue weighted by atomic mass is 16.3. The van der Waals surface area contributed by atoms with Crippen LogP contribution < -0.4 is 0 Å². The maximum atomic E-state index is 13.6. The highest BCUT2D eigenvalue weighted by Gasteiger charge is 2.35. The Morgan fingerprint density at radius 1 is 0.610 bits per heavy atom. The molecule has 7 nitrogen and oxygen atoms in total. The predicted molar refractivity (Wildman–Crippen MR) is 164 cm³/mol. The van der Waals surface area contributed by atoms with Crippen molar-refractivity contribution in [2.24, 2.45) is 23.7 Å². The van der Waals surface area contributed by atoms with Gasteiger partial charge in [0.15, 0.2) is 22.7 Å². The van der Waals surface area contributed by atoms with E-state index in [9.17, 15) is 30.0 Å². The molecule has 226 valence electrons. The van der Waals surface area contributed by atoms with E-state index in [4.69, 9.17) is 4.42 Å². The van der Waals surface area contributed by atoms with Gasteiger partial charge < -0.3 is 24.8 Å². The zero-order valence-electron chi connectivity index (χ0n) is 26.0. The fraction of sp³-hybridized carbons (Fsp3) is 0.588. The van der Waals surface area contributed by atoms with Crippen LogP contribution in [0.2, 0.25) is 0 Å². The molecule has 41 heavy (non-hydrogen) atoms. The molecule has 0 bridgehead atoms. The maximum absolute atomic E-state index is 13.6. The lowest BCUT2D eigenvalue weighted by molar-refractivity contribution is 0.0918. The Morgan fingerprint density at radius 3 is 1.24 bits per heavy atom. The van der Waals surface area contributed by atoms with Crippen molar-refractivity contribution in [1.82, 2.24) is 0 Å². The number of carbonyl (C=O) groups excluding carboxylic acids is 2. The quantitative estimate of drug-likeness (QED) is 0.143. The van der Waals surface area contributed by atoms with Crippen LogP contribution in [-0.2, 0) is 12.8 Å².